The molecule has 0 aliphatic heterocycles. The van der Waals surface area contributed by atoms with Crippen LogP contribution in [0.4, 0.5) is 0 Å². The van der Waals surface area contributed by atoms with Crippen LogP contribution >= 0.6 is 0 Å². The summed E-state index contributed by atoms with van der Waals surface area (Å²) >= 11 is 0. The molecule has 1 N–H and O–H groups in total. The van der Waals surface area contributed by atoms with Gasteiger partial charge in [-0.1, -0.05) is 38.7 Å². The van der Waals surface area contributed by atoms with Gasteiger partial charge in [-0.2, -0.15) is 0 Å². The number of fused-ring (bicyclic) bond motifs is 2. The highest BCUT2D eigenvalue weighted by atomic mass is 16.4. The molecule has 2 fully saturated rings. The van der Waals surface area contributed by atoms with Crippen molar-refractivity contribution in [2.45, 2.75) is 58.8 Å². The average molecular weight is 236 g/mol. The first-order valence-corrected chi connectivity index (χ1v) is 6.94. The molecule has 96 valence electrons. The smallest absolute Gasteiger partial charge is 0.330 e. The quantitative estimate of drug-likeness (QED) is 0.735. The van der Waals surface area contributed by atoms with Crippen molar-refractivity contribution in [1.82, 2.24) is 0 Å². The maximum Gasteiger partial charge on any atom is 0.330 e. The molecule has 0 saturated heterocycles. The number of hydrogen-bond donors (Lipinski definition) is 1. The van der Waals surface area contributed by atoms with E-state index in [-0.39, 0.29) is 5.41 Å². The molecule has 2 aliphatic rings. The Morgan fingerprint density at radius 2 is 2.00 bits per heavy atom. The van der Waals surface area contributed by atoms with Gasteiger partial charge in [-0.3, -0.25) is 0 Å². The molecule has 2 nitrogen and oxygen atoms in total. The summed E-state index contributed by atoms with van der Waals surface area (Å²) in [7, 11) is 0. The van der Waals surface area contributed by atoms with Crippen molar-refractivity contribution >= 4 is 5.97 Å². The van der Waals surface area contributed by atoms with Crippen molar-refractivity contribution in [3.8, 4) is 0 Å². The number of rotatable bonds is 2. The third-order valence-corrected chi connectivity index (χ3v) is 4.83. The van der Waals surface area contributed by atoms with Gasteiger partial charge in [0.15, 0.2) is 0 Å². The molecule has 0 amide bonds. The summed E-state index contributed by atoms with van der Waals surface area (Å²) < 4.78 is 0. The Balaban J connectivity index is 2.19. The summed E-state index contributed by atoms with van der Waals surface area (Å²) in [6, 6.07) is 0. The van der Waals surface area contributed by atoms with Crippen LogP contribution in [0.15, 0.2) is 11.6 Å². The van der Waals surface area contributed by atoms with Crippen LogP contribution in [0, 0.1) is 17.3 Å². The fraction of sp³-hybridized carbons (Fsp3) is 0.800. The summed E-state index contributed by atoms with van der Waals surface area (Å²) in [6.07, 6.45) is 11.3. The summed E-state index contributed by atoms with van der Waals surface area (Å²) in [5.74, 6) is 0.786. The predicted molar refractivity (Wildman–Crippen MR) is 68.8 cm³/mol. The molecular weight excluding hydrogens is 212 g/mol. The van der Waals surface area contributed by atoms with Crippen LogP contribution in [-0.4, -0.2) is 11.1 Å². The lowest BCUT2D eigenvalue weighted by molar-refractivity contribution is -0.132. The molecule has 0 aromatic heterocycles. The third-order valence-electron chi connectivity index (χ3n) is 4.83. The Morgan fingerprint density at radius 3 is 2.71 bits per heavy atom. The molecule has 2 aliphatic carbocycles. The molecule has 0 radical (unpaired) electrons. The summed E-state index contributed by atoms with van der Waals surface area (Å²) in [5, 5.41) is 9.04. The van der Waals surface area contributed by atoms with Crippen LogP contribution in [0.1, 0.15) is 58.8 Å². The Labute approximate surface area is 104 Å². The van der Waals surface area contributed by atoms with Crippen molar-refractivity contribution in [2.75, 3.05) is 0 Å². The molecule has 0 aromatic rings. The normalized spacial score (nSPS) is 38.6. The van der Waals surface area contributed by atoms with E-state index in [1.54, 1.807) is 6.92 Å². The van der Waals surface area contributed by atoms with Gasteiger partial charge < -0.3 is 5.11 Å². The van der Waals surface area contributed by atoms with E-state index in [9.17, 15) is 4.79 Å². The maximum atomic E-state index is 11.0. The second-order valence-corrected chi connectivity index (χ2v) is 6.28. The zero-order chi connectivity index (χ0) is 12.5. The summed E-state index contributed by atoms with van der Waals surface area (Å²) in [6.45, 7) is 4.01. The number of carbonyl (C=O) groups is 1. The molecule has 0 heterocycles. The molecule has 0 spiro atoms. The second kappa shape index (κ2) is 4.83. The summed E-state index contributed by atoms with van der Waals surface area (Å²) in [5.41, 5.74) is 0.662. The van der Waals surface area contributed by atoms with E-state index in [0.717, 1.165) is 5.92 Å². The summed E-state index contributed by atoms with van der Waals surface area (Å²) in [4.78, 5) is 11.0. The number of aliphatic carboxylic acids is 1. The molecule has 3 atom stereocenters. The van der Waals surface area contributed by atoms with Crippen LogP contribution in [-0.2, 0) is 4.79 Å². The predicted octanol–water partition coefficient (Wildman–Crippen LogP) is 4.01. The minimum absolute atomic E-state index is 0.136. The highest BCUT2D eigenvalue weighted by Gasteiger charge is 2.42. The molecule has 2 heteroatoms. The van der Waals surface area contributed by atoms with Crippen LogP contribution in [0.2, 0.25) is 0 Å². The van der Waals surface area contributed by atoms with Crippen molar-refractivity contribution in [3.05, 3.63) is 11.6 Å². The number of allylic oxidation sites excluding steroid dienone is 1. The van der Waals surface area contributed by atoms with E-state index in [1.807, 2.05) is 6.08 Å². The van der Waals surface area contributed by atoms with E-state index in [1.165, 1.54) is 44.9 Å². The Bertz CT molecular complexity index is 332. The van der Waals surface area contributed by atoms with Crippen LogP contribution in [0.5, 0.6) is 0 Å². The van der Waals surface area contributed by atoms with Gasteiger partial charge in [0.05, 0.1) is 0 Å². The van der Waals surface area contributed by atoms with Crippen molar-refractivity contribution in [2.24, 2.45) is 17.3 Å². The van der Waals surface area contributed by atoms with Crippen LogP contribution < -0.4 is 0 Å². The molecule has 3 unspecified atom stereocenters. The minimum atomic E-state index is -0.761. The molecule has 17 heavy (non-hydrogen) atoms. The average Bonchev–Trinajstić information content (AvgIpc) is 2.53. The topological polar surface area (TPSA) is 37.3 Å². The Hall–Kier alpha value is -0.790. The van der Waals surface area contributed by atoms with Crippen LogP contribution in [0.3, 0.4) is 0 Å². The van der Waals surface area contributed by atoms with E-state index in [0.29, 0.717) is 11.5 Å². The number of hydrogen-bond acceptors (Lipinski definition) is 1. The minimum Gasteiger partial charge on any atom is -0.478 e. The van der Waals surface area contributed by atoms with E-state index in [2.05, 4.69) is 6.92 Å². The molecule has 2 rings (SSSR count). The van der Waals surface area contributed by atoms with Gasteiger partial charge in [-0.15, -0.1) is 0 Å². The SMILES string of the molecule is CC(=CC1(C)CC2CCCCCC1C2)C(=O)O. The fourth-order valence-electron chi connectivity index (χ4n) is 3.94. The highest BCUT2D eigenvalue weighted by Crippen LogP contribution is 2.52. The first kappa shape index (κ1) is 12.7. The highest BCUT2D eigenvalue weighted by molar-refractivity contribution is 5.85. The molecule has 0 aromatic carbocycles. The lowest BCUT2D eigenvalue weighted by Gasteiger charge is -2.29. The van der Waals surface area contributed by atoms with E-state index >= 15 is 0 Å². The van der Waals surface area contributed by atoms with Gasteiger partial charge in [0.2, 0.25) is 0 Å². The fourth-order valence-corrected chi connectivity index (χ4v) is 3.94. The number of carboxylic acids is 1. The van der Waals surface area contributed by atoms with Crippen molar-refractivity contribution in [1.29, 1.82) is 0 Å². The van der Waals surface area contributed by atoms with Crippen molar-refractivity contribution in [3.63, 3.8) is 0 Å². The number of carboxylic acid groups (broad SMARTS) is 1. The van der Waals surface area contributed by atoms with Gasteiger partial charge >= 0.3 is 5.97 Å². The zero-order valence-corrected chi connectivity index (χ0v) is 11.0. The van der Waals surface area contributed by atoms with E-state index in [4.69, 9.17) is 5.11 Å². The van der Waals surface area contributed by atoms with Gasteiger partial charge in [0.1, 0.15) is 0 Å². The van der Waals surface area contributed by atoms with Gasteiger partial charge in [0, 0.05) is 5.57 Å². The van der Waals surface area contributed by atoms with Crippen molar-refractivity contribution < 1.29 is 9.90 Å². The van der Waals surface area contributed by atoms with Crippen LogP contribution in [0.25, 0.3) is 0 Å². The first-order chi connectivity index (χ1) is 8.01. The lowest BCUT2D eigenvalue weighted by atomic mass is 9.76. The van der Waals surface area contributed by atoms with Gasteiger partial charge in [-0.25, -0.2) is 4.79 Å². The molecule has 2 bridgehead atoms. The Kier molecular flexibility index (Phi) is 3.60. The standard InChI is InChI=1S/C15H24O2/c1-11(14(16)17)9-15(2)10-12-6-4-3-5-7-13(15)8-12/h9,12-13H,3-8,10H2,1-2H3,(H,16,17). The second-order valence-electron chi connectivity index (χ2n) is 6.28. The monoisotopic (exact) mass is 236 g/mol. The van der Waals surface area contributed by atoms with E-state index < -0.39 is 5.97 Å². The largest absolute Gasteiger partial charge is 0.478 e. The van der Waals surface area contributed by atoms with Gasteiger partial charge in [0.25, 0.3) is 0 Å². The maximum absolute atomic E-state index is 11.0. The van der Waals surface area contributed by atoms with Gasteiger partial charge in [-0.05, 0) is 43.4 Å². The Morgan fingerprint density at radius 1 is 1.29 bits per heavy atom. The molecular formula is C15H24O2. The first-order valence-electron chi connectivity index (χ1n) is 6.94. The molecule has 2 saturated carbocycles. The zero-order valence-electron chi connectivity index (χ0n) is 11.0. The third kappa shape index (κ3) is 2.72. The lowest BCUT2D eigenvalue weighted by Crippen LogP contribution is -2.20.